The third-order valence-corrected chi connectivity index (χ3v) is 4.57. The van der Waals surface area contributed by atoms with Crippen molar-refractivity contribution in [2.45, 2.75) is 32.6 Å². The maximum atomic E-state index is 13.0. The molecule has 1 aromatic carbocycles. The van der Waals surface area contributed by atoms with Gasteiger partial charge in [0.05, 0.1) is 24.2 Å². The number of nitrogens with zero attached hydrogens (tertiary/aromatic N) is 4. The van der Waals surface area contributed by atoms with Gasteiger partial charge in [0.2, 0.25) is 0 Å². The van der Waals surface area contributed by atoms with Crippen molar-refractivity contribution in [3.05, 3.63) is 39.4 Å². The van der Waals surface area contributed by atoms with E-state index in [2.05, 4.69) is 15.1 Å². The van der Waals surface area contributed by atoms with Gasteiger partial charge in [0, 0.05) is 0 Å². The van der Waals surface area contributed by atoms with Crippen LogP contribution in [0.15, 0.2) is 21.5 Å². The molecule has 12 heteroatoms. The van der Waals surface area contributed by atoms with Crippen LogP contribution in [0, 0.1) is 13.8 Å². The van der Waals surface area contributed by atoms with Crippen LogP contribution in [0.5, 0.6) is 0 Å². The Morgan fingerprint density at radius 1 is 1.13 bits per heavy atom. The summed E-state index contributed by atoms with van der Waals surface area (Å²) in [6.07, 6.45) is -3.61. The lowest BCUT2D eigenvalue weighted by Crippen LogP contribution is -2.39. The number of ketones is 1. The number of aryl methyl sites for hydroxylation is 2. The van der Waals surface area contributed by atoms with Gasteiger partial charge >= 0.3 is 5.97 Å². The van der Waals surface area contributed by atoms with E-state index in [9.17, 15) is 24.6 Å². The number of aromatic nitrogens is 4. The number of aromatic carboxylic acids is 1. The van der Waals surface area contributed by atoms with Crippen LogP contribution in [0.1, 0.15) is 21.7 Å². The molecule has 0 unspecified atom stereocenters. The summed E-state index contributed by atoms with van der Waals surface area (Å²) in [5.41, 5.74) is 1.05. The van der Waals surface area contributed by atoms with Gasteiger partial charge in [-0.1, -0.05) is 0 Å². The van der Waals surface area contributed by atoms with Crippen LogP contribution in [-0.2, 0) is 11.3 Å². The third kappa shape index (κ3) is 3.83. The number of aliphatic hydroxyl groups excluding tert-OH is 3. The van der Waals surface area contributed by atoms with Crippen molar-refractivity contribution in [3.63, 3.8) is 0 Å². The smallest absolute Gasteiger partial charge is 0.377 e. The molecule has 0 aliphatic carbocycles. The number of fused-ring (bicyclic) bond motifs is 1. The van der Waals surface area contributed by atoms with Crippen molar-refractivity contribution in [1.29, 1.82) is 0 Å². The van der Waals surface area contributed by atoms with Gasteiger partial charge < -0.3 is 29.5 Å². The van der Waals surface area contributed by atoms with E-state index in [0.29, 0.717) is 5.52 Å². The molecule has 0 amide bonds. The standard InChI is InChI=1S/C18H18N4O8/c1-7-3-9-10(4-8(7)2)22(5-11(24)14(26)12(25)6-23)17(27)13(19-9)16-20-15(18(28)29)21-30-16/h3-4,11-12,23-25H,5-6H2,1-2H3,(H,28,29)/t11-,12+/m0/s1. The van der Waals surface area contributed by atoms with E-state index in [1.165, 1.54) is 0 Å². The molecule has 0 saturated heterocycles. The Morgan fingerprint density at radius 2 is 1.80 bits per heavy atom. The SMILES string of the molecule is Cc1cc2nc(-c3nc(C(=O)O)no3)c(=O)n(C[C@H](O)C(=O)[C@H](O)CO)c2cc1C. The second-order valence-electron chi connectivity index (χ2n) is 6.65. The maximum absolute atomic E-state index is 13.0. The molecule has 2 atom stereocenters. The highest BCUT2D eigenvalue weighted by Gasteiger charge is 2.26. The second-order valence-corrected chi connectivity index (χ2v) is 6.65. The Hall–Kier alpha value is -3.48. The average molecular weight is 418 g/mol. The zero-order chi connectivity index (χ0) is 22.2. The van der Waals surface area contributed by atoms with Crippen LogP contribution >= 0.6 is 0 Å². The Bertz CT molecular complexity index is 1200. The summed E-state index contributed by atoms with van der Waals surface area (Å²) < 4.78 is 5.88. The number of Topliss-reactive ketones (excluding diaryl/α,β-unsaturated/α-hetero) is 1. The summed E-state index contributed by atoms with van der Waals surface area (Å²) >= 11 is 0. The molecule has 0 aliphatic rings. The second kappa shape index (κ2) is 8.10. The lowest BCUT2D eigenvalue weighted by Gasteiger charge is -2.17. The topological polar surface area (TPSA) is 189 Å². The first-order chi connectivity index (χ1) is 14.1. The first-order valence-electron chi connectivity index (χ1n) is 8.74. The van der Waals surface area contributed by atoms with Crippen LogP contribution in [-0.4, -0.2) is 70.7 Å². The maximum Gasteiger partial charge on any atom is 0.377 e. The molecule has 3 rings (SSSR count). The number of benzene rings is 1. The molecule has 158 valence electrons. The number of carbonyl (C=O) groups excluding carboxylic acids is 1. The summed E-state index contributed by atoms with van der Waals surface area (Å²) in [6.45, 7) is 2.18. The highest BCUT2D eigenvalue weighted by molar-refractivity contribution is 5.87. The fourth-order valence-electron chi connectivity index (χ4n) is 2.80. The van der Waals surface area contributed by atoms with E-state index < -0.39 is 54.4 Å². The molecule has 4 N–H and O–H groups in total. The molecule has 0 radical (unpaired) electrons. The van der Waals surface area contributed by atoms with Crippen LogP contribution in [0.3, 0.4) is 0 Å². The molecule has 30 heavy (non-hydrogen) atoms. The summed E-state index contributed by atoms with van der Waals surface area (Å²) in [5.74, 6) is -3.64. The van der Waals surface area contributed by atoms with Crippen molar-refractivity contribution in [2.24, 2.45) is 0 Å². The van der Waals surface area contributed by atoms with Gasteiger partial charge in [0.1, 0.15) is 12.2 Å². The number of rotatable bonds is 7. The van der Waals surface area contributed by atoms with E-state index in [0.717, 1.165) is 15.7 Å². The predicted octanol–water partition coefficient (Wildman–Crippen LogP) is -0.955. The van der Waals surface area contributed by atoms with E-state index in [1.807, 2.05) is 6.92 Å². The predicted molar refractivity (Wildman–Crippen MR) is 99.8 cm³/mol. The molecule has 0 fully saturated rings. The normalized spacial score (nSPS) is 13.4. The molecule has 0 aliphatic heterocycles. The molecule has 2 heterocycles. The van der Waals surface area contributed by atoms with Crippen molar-refractivity contribution in [1.82, 2.24) is 19.7 Å². The van der Waals surface area contributed by atoms with Crippen LogP contribution in [0.25, 0.3) is 22.6 Å². The molecular formula is C18H18N4O8. The average Bonchev–Trinajstić information content (AvgIpc) is 3.20. The monoisotopic (exact) mass is 418 g/mol. The fraction of sp³-hybridized carbons (Fsp3) is 0.333. The summed E-state index contributed by atoms with van der Waals surface area (Å²) in [7, 11) is 0. The minimum absolute atomic E-state index is 0.287. The van der Waals surface area contributed by atoms with Gasteiger partial charge in [-0.2, -0.15) is 4.98 Å². The number of hydrogen-bond acceptors (Lipinski definition) is 10. The lowest BCUT2D eigenvalue weighted by molar-refractivity contribution is -0.138. The van der Waals surface area contributed by atoms with Gasteiger partial charge in [0.15, 0.2) is 11.5 Å². The van der Waals surface area contributed by atoms with E-state index >= 15 is 0 Å². The zero-order valence-electron chi connectivity index (χ0n) is 15.9. The van der Waals surface area contributed by atoms with Gasteiger partial charge in [-0.15, -0.1) is 0 Å². The van der Waals surface area contributed by atoms with Crippen molar-refractivity contribution >= 4 is 22.8 Å². The van der Waals surface area contributed by atoms with Crippen LogP contribution in [0.2, 0.25) is 0 Å². The van der Waals surface area contributed by atoms with Crippen molar-refractivity contribution in [2.75, 3.05) is 6.61 Å². The minimum atomic E-state index is -1.80. The van der Waals surface area contributed by atoms with E-state index in [1.54, 1.807) is 19.1 Å². The quantitative estimate of drug-likeness (QED) is 0.370. The molecule has 2 aromatic heterocycles. The van der Waals surface area contributed by atoms with Gasteiger partial charge in [0.25, 0.3) is 17.3 Å². The number of carboxylic acid groups (broad SMARTS) is 1. The molecule has 0 spiro atoms. The first kappa shape index (κ1) is 21.2. The first-order valence-corrected chi connectivity index (χ1v) is 8.74. The summed E-state index contributed by atoms with van der Waals surface area (Å²) in [4.78, 5) is 43.9. The van der Waals surface area contributed by atoms with Crippen LogP contribution < -0.4 is 5.56 Å². The zero-order valence-corrected chi connectivity index (χ0v) is 15.9. The Labute approximate surface area is 168 Å². The fourth-order valence-corrected chi connectivity index (χ4v) is 2.80. The summed E-state index contributed by atoms with van der Waals surface area (Å²) in [6, 6.07) is 3.30. The molecule has 12 nitrogen and oxygen atoms in total. The highest BCUT2D eigenvalue weighted by atomic mass is 16.5. The molecule has 0 bridgehead atoms. The highest BCUT2D eigenvalue weighted by Crippen LogP contribution is 2.20. The number of carboxylic acids is 1. The molecule has 3 aromatic rings. The van der Waals surface area contributed by atoms with Crippen LogP contribution in [0.4, 0.5) is 0 Å². The molecule has 0 saturated carbocycles. The van der Waals surface area contributed by atoms with E-state index in [4.69, 9.17) is 14.7 Å². The van der Waals surface area contributed by atoms with Gasteiger partial charge in [-0.3, -0.25) is 9.59 Å². The van der Waals surface area contributed by atoms with Gasteiger partial charge in [-0.25, -0.2) is 9.78 Å². The largest absolute Gasteiger partial charge is 0.475 e. The van der Waals surface area contributed by atoms with Gasteiger partial charge in [-0.05, 0) is 42.3 Å². The third-order valence-electron chi connectivity index (χ3n) is 4.57. The van der Waals surface area contributed by atoms with Crippen molar-refractivity contribution in [3.8, 4) is 11.6 Å². The minimum Gasteiger partial charge on any atom is -0.475 e. The number of aliphatic hydroxyl groups is 3. The Balaban J connectivity index is 2.21. The summed E-state index contributed by atoms with van der Waals surface area (Å²) in [5, 5.41) is 40.8. The van der Waals surface area contributed by atoms with Crippen molar-refractivity contribution < 1.29 is 34.5 Å². The number of hydrogen-bond donors (Lipinski definition) is 4. The molecular weight excluding hydrogens is 400 g/mol. The number of carbonyl (C=O) groups is 2. The Morgan fingerprint density at radius 3 is 2.40 bits per heavy atom. The Kier molecular flexibility index (Phi) is 5.73. The lowest BCUT2D eigenvalue weighted by atomic mass is 10.1. The van der Waals surface area contributed by atoms with E-state index in [-0.39, 0.29) is 11.2 Å².